The maximum Gasteiger partial charge on any atom is 0.0465 e. The summed E-state index contributed by atoms with van der Waals surface area (Å²) in [6, 6.07) is 74.2. The molecule has 62 heavy (non-hydrogen) atoms. The van der Waals surface area contributed by atoms with Crippen molar-refractivity contribution >= 4 is 40.0 Å². The molecular formula is C61H49N. The summed E-state index contributed by atoms with van der Waals surface area (Å²) in [6.07, 6.45) is 8.89. The van der Waals surface area contributed by atoms with E-state index in [0.717, 1.165) is 37.1 Å². The monoisotopic (exact) mass is 795 g/mol. The lowest BCUT2D eigenvalue weighted by Crippen LogP contribution is -2.23. The first-order valence-corrected chi connectivity index (χ1v) is 22.3. The Bertz CT molecular complexity index is 3070. The van der Waals surface area contributed by atoms with Gasteiger partial charge in [0.05, 0.1) is 0 Å². The Kier molecular flexibility index (Phi) is 9.54. The summed E-state index contributed by atoms with van der Waals surface area (Å²) >= 11 is 0. The topological polar surface area (TPSA) is 3.24 Å². The van der Waals surface area contributed by atoms with E-state index in [1.807, 2.05) is 0 Å². The number of para-hydroxylation sites is 2. The number of fused-ring (bicyclic) bond motifs is 3. The highest BCUT2D eigenvalue weighted by Crippen LogP contribution is 2.54. The Balaban J connectivity index is 0.938. The minimum atomic E-state index is -0.0694. The van der Waals surface area contributed by atoms with Crippen molar-refractivity contribution < 1.29 is 0 Å². The van der Waals surface area contributed by atoms with Crippen LogP contribution in [0.5, 0.6) is 0 Å². The summed E-state index contributed by atoms with van der Waals surface area (Å²) in [5.74, 6) is 0. The third-order valence-electron chi connectivity index (χ3n) is 13.8. The van der Waals surface area contributed by atoms with Gasteiger partial charge in [-0.05, 0) is 151 Å². The molecule has 9 aromatic rings. The van der Waals surface area contributed by atoms with E-state index < -0.39 is 0 Å². The first-order chi connectivity index (χ1) is 30.6. The van der Waals surface area contributed by atoms with Gasteiger partial charge < -0.3 is 4.90 Å². The molecule has 1 heteroatoms. The van der Waals surface area contributed by atoms with Gasteiger partial charge in [-0.1, -0.05) is 190 Å². The second-order valence-corrected chi connectivity index (χ2v) is 17.0. The number of hydrogen-bond acceptors (Lipinski definition) is 1. The van der Waals surface area contributed by atoms with Gasteiger partial charge in [0.25, 0.3) is 0 Å². The first kappa shape index (κ1) is 37.8. The fourth-order valence-electron chi connectivity index (χ4n) is 10.7. The SMILES string of the molecule is CCC1(CC)c2cc(/C=C/c3ccc(-c4c(-c5ccccc5)cccc4-c4ccc5c6c(cccc46)CC5)cc3)ccc2-c2ccc(N(c3ccccc3)c3ccccc3)cc21. The van der Waals surface area contributed by atoms with Crippen LogP contribution in [0.2, 0.25) is 0 Å². The molecule has 0 heterocycles. The minimum absolute atomic E-state index is 0.0694. The molecule has 0 aromatic heterocycles. The predicted molar refractivity (Wildman–Crippen MR) is 265 cm³/mol. The van der Waals surface area contributed by atoms with Crippen molar-refractivity contribution in [3.05, 3.63) is 234 Å². The van der Waals surface area contributed by atoms with E-state index in [1.54, 1.807) is 0 Å². The van der Waals surface area contributed by atoms with Crippen LogP contribution in [0.25, 0.3) is 67.4 Å². The van der Waals surface area contributed by atoms with Crippen LogP contribution < -0.4 is 4.90 Å². The van der Waals surface area contributed by atoms with E-state index in [4.69, 9.17) is 0 Å². The summed E-state index contributed by atoms with van der Waals surface area (Å²) in [5, 5.41) is 2.81. The van der Waals surface area contributed by atoms with Gasteiger partial charge in [-0.3, -0.25) is 0 Å². The van der Waals surface area contributed by atoms with Crippen molar-refractivity contribution in [2.75, 3.05) is 4.90 Å². The van der Waals surface area contributed by atoms with Gasteiger partial charge in [0.1, 0.15) is 0 Å². The van der Waals surface area contributed by atoms with Crippen molar-refractivity contribution in [2.45, 2.75) is 44.9 Å². The molecule has 0 N–H and O–H groups in total. The second-order valence-electron chi connectivity index (χ2n) is 17.0. The van der Waals surface area contributed by atoms with Crippen molar-refractivity contribution in [1.29, 1.82) is 0 Å². The van der Waals surface area contributed by atoms with Crippen molar-refractivity contribution in [3.63, 3.8) is 0 Å². The molecule has 0 saturated heterocycles. The zero-order valence-electron chi connectivity index (χ0n) is 35.5. The summed E-state index contributed by atoms with van der Waals surface area (Å²) < 4.78 is 0. The van der Waals surface area contributed by atoms with E-state index in [9.17, 15) is 0 Å². The lowest BCUT2D eigenvalue weighted by Gasteiger charge is -2.32. The molecule has 11 rings (SSSR count). The van der Waals surface area contributed by atoms with Crippen LogP contribution in [0.15, 0.2) is 200 Å². The van der Waals surface area contributed by atoms with Crippen LogP contribution in [0.1, 0.15) is 60.1 Å². The van der Waals surface area contributed by atoms with E-state index in [0.29, 0.717) is 0 Å². The molecule has 9 aromatic carbocycles. The molecule has 0 saturated carbocycles. The average molecular weight is 796 g/mol. The first-order valence-electron chi connectivity index (χ1n) is 22.3. The second kappa shape index (κ2) is 15.7. The fraction of sp³-hybridized carbons (Fsp3) is 0.115. The molecule has 1 nitrogen and oxygen atoms in total. The molecule has 0 spiro atoms. The third kappa shape index (κ3) is 6.31. The molecule has 0 fully saturated rings. The Labute approximate surface area is 366 Å². The van der Waals surface area contributed by atoms with E-state index in [1.165, 1.54) is 94.3 Å². The Morgan fingerprint density at radius 3 is 1.68 bits per heavy atom. The van der Waals surface area contributed by atoms with E-state index in [-0.39, 0.29) is 5.41 Å². The van der Waals surface area contributed by atoms with Gasteiger partial charge in [-0.2, -0.15) is 0 Å². The van der Waals surface area contributed by atoms with Crippen LogP contribution in [-0.4, -0.2) is 0 Å². The normalized spacial score (nSPS) is 13.4. The molecular weight excluding hydrogens is 747 g/mol. The molecule has 0 amide bonds. The predicted octanol–water partition coefficient (Wildman–Crippen LogP) is 16.7. The number of anilines is 3. The standard InChI is InChI=1S/C61H49N/c1-3-61(4-2)57-40-43(30-37-53(57)54-39-36-50(41-58(54)61)62(48-19-10-6-11-20-48)49-21-12-7-13-22-49)27-26-42-28-31-47(32-29-42)60-51(44-16-8-5-9-17-44)23-15-25-56(60)52-38-35-46-34-33-45-18-14-24-55(52)59(45)46/h5-32,35-41H,3-4,33-34H2,1-2H3/b27-26+. The smallest absolute Gasteiger partial charge is 0.0465 e. The summed E-state index contributed by atoms with van der Waals surface area (Å²) in [6.45, 7) is 4.72. The number of aryl methyl sites for hydroxylation is 2. The molecule has 298 valence electrons. The summed E-state index contributed by atoms with van der Waals surface area (Å²) in [4.78, 5) is 2.38. The van der Waals surface area contributed by atoms with E-state index in [2.05, 4.69) is 231 Å². The van der Waals surface area contributed by atoms with Crippen molar-refractivity contribution in [1.82, 2.24) is 0 Å². The van der Waals surface area contributed by atoms with Gasteiger partial charge in [0.15, 0.2) is 0 Å². The van der Waals surface area contributed by atoms with Gasteiger partial charge in [-0.25, -0.2) is 0 Å². The minimum Gasteiger partial charge on any atom is -0.310 e. The molecule has 0 atom stereocenters. The van der Waals surface area contributed by atoms with Gasteiger partial charge >= 0.3 is 0 Å². The van der Waals surface area contributed by atoms with Crippen molar-refractivity contribution in [3.8, 4) is 44.5 Å². The Morgan fingerprint density at radius 2 is 0.984 bits per heavy atom. The third-order valence-corrected chi connectivity index (χ3v) is 13.8. The van der Waals surface area contributed by atoms with Crippen LogP contribution >= 0.6 is 0 Å². The van der Waals surface area contributed by atoms with Gasteiger partial charge in [0, 0.05) is 22.5 Å². The summed E-state index contributed by atoms with van der Waals surface area (Å²) in [7, 11) is 0. The van der Waals surface area contributed by atoms with Gasteiger partial charge in [-0.15, -0.1) is 0 Å². The zero-order valence-corrected chi connectivity index (χ0v) is 35.5. The fourth-order valence-corrected chi connectivity index (χ4v) is 10.7. The van der Waals surface area contributed by atoms with Crippen LogP contribution in [0, 0.1) is 0 Å². The lowest BCUT2D eigenvalue weighted by atomic mass is 9.73. The quantitative estimate of drug-likeness (QED) is 0.125. The molecule has 0 bridgehead atoms. The molecule has 2 aliphatic rings. The van der Waals surface area contributed by atoms with E-state index >= 15 is 0 Å². The number of hydrogen-bond donors (Lipinski definition) is 0. The Hall–Kier alpha value is -7.22. The highest BCUT2D eigenvalue weighted by Gasteiger charge is 2.41. The summed E-state index contributed by atoms with van der Waals surface area (Å²) in [5.41, 5.74) is 21.9. The molecule has 0 unspecified atom stereocenters. The molecule has 2 aliphatic carbocycles. The van der Waals surface area contributed by atoms with Gasteiger partial charge in [0.2, 0.25) is 0 Å². The number of nitrogens with zero attached hydrogens (tertiary/aromatic N) is 1. The maximum atomic E-state index is 2.46. The lowest BCUT2D eigenvalue weighted by molar-refractivity contribution is 0.490. The van der Waals surface area contributed by atoms with Crippen LogP contribution in [0.3, 0.4) is 0 Å². The average Bonchev–Trinajstić information content (AvgIpc) is 3.89. The van der Waals surface area contributed by atoms with Crippen molar-refractivity contribution in [2.24, 2.45) is 0 Å². The number of benzene rings is 9. The molecule has 0 aliphatic heterocycles. The van der Waals surface area contributed by atoms with Crippen LogP contribution in [-0.2, 0) is 18.3 Å². The largest absolute Gasteiger partial charge is 0.310 e. The Morgan fingerprint density at radius 1 is 0.419 bits per heavy atom. The maximum absolute atomic E-state index is 2.46. The highest BCUT2D eigenvalue weighted by molar-refractivity contribution is 6.06. The number of rotatable bonds is 10. The van der Waals surface area contributed by atoms with Crippen LogP contribution in [0.4, 0.5) is 17.1 Å². The highest BCUT2D eigenvalue weighted by atomic mass is 15.1. The zero-order chi connectivity index (χ0) is 41.6. The molecule has 0 radical (unpaired) electrons.